The molecule has 19 heavy (non-hydrogen) atoms. The third-order valence-corrected chi connectivity index (χ3v) is 2.50. The van der Waals surface area contributed by atoms with E-state index in [4.69, 9.17) is 5.73 Å². The lowest BCUT2D eigenvalue weighted by Crippen LogP contribution is -2.39. The molecule has 0 fully saturated rings. The van der Waals surface area contributed by atoms with Gasteiger partial charge in [-0.25, -0.2) is 0 Å². The summed E-state index contributed by atoms with van der Waals surface area (Å²) in [5, 5.41) is 2.50. The second kappa shape index (κ2) is 7.35. The van der Waals surface area contributed by atoms with Crippen LogP contribution in [0.3, 0.4) is 0 Å². The fourth-order valence-corrected chi connectivity index (χ4v) is 1.36. The Hall–Kier alpha value is -1.27. The van der Waals surface area contributed by atoms with Gasteiger partial charge in [0.05, 0.1) is 11.6 Å². The summed E-state index contributed by atoms with van der Waals surface area (Å²) in [7, 11) is 0. The number of rotatable bonds is 4. The minimum Gasteiger partial charge on any atom is -0.351 e. The number of alkyl halides is 3. The molecule has 108 valence electrons. The molecule has 0 saturated carbocycles. The Kier molecular flexibility index (Phi) is 6.86. The lowest BCUT2D eigenvalue weighted by Gasteiger charge is -2.11. The summed E-state index contributed by atoms with van der Waals surface area (Å²) in [5.41, 5.74) is 5.15. The molecule has 1 amide bonds. The van der Waals surface area contributed by atoms with Crippen molar-refractivity contribution in [1.82, 2.24) is 5.32 Å². The first-order chi connectivity index (χ1) is 8.34. The van der Waals surface area contributed by atoms with Crippen molar-refractivity contribution in [2.45, 2.75) is 32.1 Å². The van der Waals surface area contributed by atoms with E-state index >= 15 is 0 Å². The monoisotopic (exact) mass is 296 g/mol. The summed E-state index contributed by atoms with van der Waals surface area (Å²) < 4.78 is 37.3. The van der Waals surface area contributed by atoms with Crippen LogP contribution >= 0.6 is 12.4 Å². The molecule has 0 spiro atoms. The van der Waals surface area contributed by atoms with Crippen molar-refractivity contribution in [1.29, 1.82) is 0 Å². The van der Waals surface area contributed by atoms with Crippen LogP contribution in [0.4, 0.5) is 13.2 Å². The van der Waals surface area contributed by atoms with Crippen LogP contribution in [0.25, 0.3) is 0 Å². The zero-order valence-electron chi connectivity index (χ0n) is 10.3. The molecule has 0 radical (unpaired) electrons. The first-order valence-electron chi connectivity index (χ1n) is 5.54. The smallest absolute Gasteiger partial charge is 0.351 e. The molecule has 1 aromatic rings. The van der Waals surface area contributed by atoms with Crippen LogP contribution < -0.4 is 11.1 Å². The summed E-state index contributed by atoms with van der Waals surface area (Å²) in [6.45, 7) is 1.80. The standard InChI is InChI=1S/C12H15F3N2O.ClH/c1-2-10(16)11(18)17-7-8-4-3-5-9(6-8)12(13,14)15;/h3-6,10H,2,7,16H2,1H3,(H,17,18);1H/t10-;/m0./s1. The zero-order valence-corrected chi connectivity index (χ0v) is 11.1. The summed E-state index contributed by atoms with van der Waals surface area (Å²) in [4.78, 5) is 11.4. The lowest BCUT2D eigenvalue weighted by atomic mass is 10.1. The van der Waals surface area contributed by atoms with Gasteiger partial charge in [-0.1, -0.05) is 19.1 Å². The molecule has 0 heterocycles. The Balaban J connectivity index is 0.00000324. The molecule has 3 N–H and O–H groups in total. The molecule has 7 heteroatoms. The largest absolute Gasteiger partial charge is 0.416 e. The van der Waals surface area contributed by atoms with Crippen molar-refractivity contribution in [3.63, 3.8) is 0 Å². The number of hydrogen-bond donors (Lipinski definition) is 2. The molecule has 0 unspecified atom stereocenters. The van der Waals surface area contributed by atoms with E-state index in [1.807, 2.05) is 0 Å². The number of carbonyl (C=O) groups excluding carboxylic acids is 1. The van der Waals surface area contributed by atoms with Crippen LogP contribution in [0.2, 0.25) is 0 Å². The Morgan fingerprint density at radius 2 is 2.05 bits per heavy atom. The number of nitrogens with one attached hydrogen (secondary N) is 1. The maximum absolute atomic E-state index is 12.4. The molecule has 0 aromatic heterocycles. The van der Waals surface area contributed by atoms with Crippen molar-refractivity contribution in [2.75, 3.05) is 0 Å². The predicted octanol–water partition coefficient (Wildman–Crippen LogP) is 2.48. The molecule has 0 aliphatic rings. The van der Waals surface area contributed by atoms with Gasteiger partial charge < -0.3 is 11.1 Å². The van der Waals surface area contributed by atoms with Gasteiger partial charge in [0.2, 0.25) is 5.91 Å². The molecule has 0 bridgehead atoms. The number of halogens is 4. The highest BCUT2D eigenvalue weighted by atomic mass is 35.5. The van der Waals surface area contributed by atoms with Gasteiger partial charge in [-0.2, -0.15) is 13.2 Å². The van der Waals surface area contributed by atoms with Gasteiger partial charge in [-0.05, 0) is 24.1 Å². The first kappa shape index (κ1) is 17.7. The van der Waals surface area contributed by atoms with Gasteiger partial charge in [0.25, 0.3) is 0 Å². The van der Waals surface area contributed by atoms with Gasteiger partial charge >= 0.3 is 6.18 Å². The average molecular weight is 297 g/mol. The first-order valence-corrected chi connectivity index (χ1v) is 5.54. The van der Waals surface area contributed by atoms with Gasteiger partial charge in [0, 0.05) is 6.54 Å². The summed E-state index contributed by atoms with van der Waals surface area (Å²) in [5.74, 6) is -0.366. The summed E-state index contributed by atoms with van der Waals surface area (Å²) >= 11 is 0. The molecule has 0 aliphatic heterocycles. The SMILES string of the molecule is CC[C@H](N)C(=O)NCc1cccc(C(F)(F)F)c1.Cl. The van der Waals surface area contributed by atoms with Gasteiger partial charge in [0.1, 0.15) is 0 Å². The van der Waals surface area contributed by atoms with E-state index in [1.165, 1.54) is 12.1 Å². The zero-order chi connectivity index (χ0) is 13.8. The van der Waals surface area contributed by atoms with E-state index in [1.54, 1.807) is 6.92 Å². The molecule has 0 aliphatic carbocycles. The van der Waals surface area contributed by atoms with Gasteiger partial charge in [-0.3, -0.25) is 4.79 Å². The number of benzene rings is 1. The van der Waals surface area contributed by atoms with Crippen LogP contribution in [0.5, 0.6) is 0 Å². The van der Waals surface area contributed by atoms with Crippen molar-refractivity contribution < 1.29 is 18.0 Å². The highest BCUT2D eigenvalue weighted by Crippen LogP contribution is 2.29. The maximum atomic E-state index is 12.4. The fraction of sp³-hybridized carbons (Fsp3) is 0.417. The highest BCUT2D eigenvalue weighted by molar-refractivity contribution is 5.85. The van der Waals surface area contributed by atoms with Gasteiger partial charge in [0.15, 0.2) is 0 Å². The van der Waals surface area contributed by atoms with Crippen molar-refractivity contribution in [3.05, 3.63) is 35.4 Å². The fourth-order valence-electron chi connectivity index (χ4n) is 1.36. The minimum absolute atomic E-state index is 0. The van der Waals surface area contributed by atoms with E-state index < -0.39 is 17.8 Å². The molecule has 1 atom stereocenters. The number of carbonyl (C=O) groups is 1. The quantitative estimate of drug-likeness (QED) is 0.897. The van der Waals surface area contributed by atoms with Crippen LogP contribution in [0, 0.1) is 0 Å². The average Bonchev–Trinajstić information content (AvgIpc) is 2.34. The Morgan fingerprint density at radius 1 is 1.42 bits per heavy atom. The Labute approximate surface area is 115 Å². The molecule has 0 saturated heterocycles. The van der Waals surface area contributed by atoms with Crippen molar-refractivity contribution in [2.24, 2.45) is 5.73 Å². The third kappa shape index (κ3) is 5.48. The van der Waals surface area contributed by atoms with Gasteiger partial charge in [-0.15, -0.1) is 12.4 Å². The topological polar surface area (TPSA) is 55.1 Å². The highest BCUT2D eigenvalue weighted by Gasteiger charge is 2.30. The van der Waals surface area contributed by atoms with E-state index in [9.17, 15) is 18.0 Å². The van der Waals surface area contributed by atoms with E-state index in [-0.39, 0.29) is 24.9 Å². The number of amides is 1. The predicted molar refractivity (Wildman–Crippen MR) is 68.8 cm³/mol. The maximum Gasteiger partial charge on any atom is 0.416 e. The lowest BCUT2D eigenvalue weighted by molar-refractivity contribution is -0.137. The van der Waals surface area contributed by atoms with E-state index in [0.717, 1.165) is 12.1 Å². The van der Waals surface area contributed by atoms with Crippen LogP contribution in [-0.2, 0) is 17.5 Å². The van der Waals surface area contributed by atoms with E-state index in [0.29, 0.717) is 12.0 Å². The number of hydrogen-bond acceptors (Lipinski definition) is 2. The second-order valence-corrected chi connectivity index (χ2v) is 3.93. The van der Waals surface area contributed by atoms with Crippen molar-refractivity contribution in [3.8, 4) is 0 Å². The van der Waals surface area contributed by atoms with Crippen LogP contribution in [0.15, 0.2) is 24.3 Å². The molecule has 1 rings (SSSR count). The summed E-state index contributed by atoms with van der Waals surface area (Å²) in [6.07, 6.45) is -3.89. The van der Waals surface area contributed by atoms with E-state index in [2.05, 4.69) is 5.32 Å². The van der Waals surface area contributed by atoms with Crippen LogP contribution in [0.1, 0.15) is 24.5 Å². The normalized spacial score (nSPS) is 12.5. The molecular formula is C12H16ClF3N2O. The molecular weight excluding hydrogens is 281 g/mol. The number of nitrogens with two attached hydrogens (primary N) is 1. The third-order valence-electron chi connectivity index (χ3n) is 2.50. The Morgan fingerprint density at radius 3 is 2.58 bits per heavy atom. The van der Waals surface area contributed by atoms with Crippen molar-refractivity contribution >= 4 is 18.3 Å². The Bertz CT molecular complexity index is 424. The minimum atomic E-state index is -4.38. The summed E-state index contributed by atoms with van der Waals surface area (Å²) in [6, 6.07) is 4.20. The molecule has 1 aromatic carbocycles. The van der Waals surface area contributed by atoms with Crippen LogP contribution in [-0.4, -0.2) is 11.9 Å². The second-order valence-electron chi connectivity index (χ2n) is 3.93. The molecule has 3 nitrogen and oxygen atoms in total.